The summed E-state index contributed by atoms with van der Waals surface area (Å²) in [5.74, 6) is 0. The Labute approximate surface area is 116 Å². The number of hydrogen-bond acceptors (Lipinski definition) is 5. The lowest BCUT2D eigenvalue weighted by molar-refractivity contribution is 0.318. The highest BCUT2D eigenvalue weighted by molar-refractivity contribution is 7.09. The van der Waals surface area contributed by atoms with E-state index < -0.39 is 0 Å². The fraction of sp³-hybridized carbons (Fsp3) is 0.286. The molecule has 0 unspecified atom stereocenters. The van der Waals surface area contributed by atoms with Gasteiger partial charge in [-0.3, -0.25) is 4.98 Å². The number of benzene rings is 1. The van der Waals surface area contributed by atoms with Gasteiger partial charge in [-0.2, -0.15) is 0 Å². The average molecular weight is 273 g/mol. The Hall–Kier alpha value is -1.88. The molecule has 2 heterocycles. The summed E-state index contributed by atoms with van der Waals surface area (Å²) in [6.07, 6.45) is 3.72. The Morgan fingerprint density at radius 1 is 1.37 bits per heavy atom. The lowest BCUT2D eigenvalue weighted by Gasteiger charge is -2.23. The van der Waals surface area contributed by atoms with Gasteiger partial charge in [0.15, 0.2) is 0 Å². The van der Waals surface area contributed by atoms with E-state index in [0.29, 0.717) is 0 Å². The number of aromatic nitrogens is 1. The molecule has 0 aliphatic carbocycles. The molecule has 5 heteroatoms. The van der Waals surface area contributed by atoms with E-state index in [1.54, 1.807) is 11.3 Å². The average Bonchev–Trinajstić information content (AvgIpc) is 2.89. The van der Waals surface area contributed by atoms with Gasteiger partial charge >= 0.3 is 0 Å². The van der Waals surface area contributed by atoms with E-state index in [1.165, 1.54) is 4.88 Å². The smallest absolute Gasteiger partial charge is 0.0889 e. The van der Waals surface area contributed by atoms with Crippen LogP contribution in [0.4, 0.5) is 5.69 Å². The summed E-state index contributed by atoms with van der Waals surface area (Å²) in [4.78, 5) is 7.71. The van der Waals surface area contributed by atoms with E-state index in [2.05, 4.69) is 21.1 Å². The predicted octanol–water partition coefficient (Wildman–Crippen LogP) is 3.12. The molecule has 1 N–H and O–H groups in total. The van der Waals surface area contributed by atoms with Gasteiger partial charge in [0.1, 0.15) is 0 Å². The number of oxime groups is 1. The Morgan fingerprint density at radius 2 is 2.26 bits per heavy atom. The van der Waals surface area contributed by atoms with Gasteiger partial charge in [0.2, 0.25) is 0 Å². The maximum atomic E-state index is 9.17. The summed E-state index contributed by atoms with van der Waals surface area (Å²) in [6, 6.07) is 8.13. The molecular weight excluding hydrogens is 258 g/mol. The molecule has 0 radical (unpaired) electrons. The van der Waals surface area contributed by atoms with Crippen molar-refractivity contribution < 1.29 is 5.21 Å². The molecule has 1 aliphatic heterocycles. The van der Waals surface area contributed by atoms with Crippen molar-refractivity contribution in [2.24, 2.45) is 5.16 Å². The number of anilines is 1. The van der Waals surface area contributed by atoms with Crippen LogP contribution >= 0.6 is 11.3 Å². The first-order valence-corrected chi connectivity index (χ1v) is 7.19. The summed E-state index contributed by atoms with van der Waals surface area (Å²) in [5.41, 5.74) is 4.82. The zero-order chi connectivity index (χ0) is 13.1. The molecule has 0 fully saturated rings. The van der Waals surface area contributed by atoms with E-state index >= 15 is 0 Å². The van der Waals surface area contributed by atoms with E-state index in [1.807, 2.05) is 29.9 Å². The minimum absolute atomic E-state index is 0.780. The number of hydrogen-bond donors (Lipinski definition) is 1. The molecule has 0 saturated carbocycles. The Bertz CT molecular complexity index is 580. The number of thiazole rings is 1. The molecule has 1 aromatic heterocycles. The van der Waals surface area contributed by atoms with Crippen LogP contribution in [0.1, 0.15) is 23.3 Å². The minimum Gasteiger partial charge on any atom is -0.411 e. The molecule has 0 amide bonds. The molecule has 1 aliphatic rings. The van der Waals surface area contributed by atoms with E-state index in [9.17, 15) is 0 Å². The second kappa shape index (κ2) is 5.40. The number of para-hydroxylation sites is 1. The van der Waals surface area contributed by atoms with Gasteiger partial charge in [-0.25, -0.2) is 0 Å². The third kappa shape index (κ3) is 2.46. The van der Waals surface area contributed by atoms with Crippen molar-refractivity contribution in [2.45, 2.75) is 19.4 Å². The van der Waals surface area contributed by atoms with Crippen molar-refractivity contribution in [2.75, 3.05) is 11.4 Å². The van der Waals surface area contributed by atoms with Crippen molar-refractivity contribution in [1.82, 2.24) is 4.98 Å². The highest BCUT2D eigenvalue weighted by atomic mass is 32.1. The lowest BCUT2D eigenvalue weighted by atomic mass is 10.1. The molecule has 2 aromatic rings. The second-order valence-electron chi connectivity index (χ2n) is 4.56. The third-order valence-corrected chi connectivity index (χ3v) is 4.11. The zero-order valence-corrected chi connectivity index (χ0v) is 11.3. The summed E-state index contributed by atoms with van der Waals surface area (Å²) < 4.78 is 0. The number of fused-ring (bicyclic) bond motifs is 1. The first kappa shape index (κ1) is 12.2. The van der Waals surface area contributed by atoms with Crippen molar-refractivity contribution in [1.29, 1.82) is 0 Å². The predicted molar refractivity (Wildman–Crippen MR) is 77.2 cm³/mol. The zero-order valence-electron chi connectivity index (χ0n) is 10.5. The topological polar surface area (TPSA) is 48.7 Å². The minimum atomic E-state index is 0.780. The normalized spacial score (nSPS) is 17.3. The van der Waals surface area contributed by atoms with Crippen molar-refractivity contribution in [3.05, 3.63) is 46.4 Å². The molecule has 0 atom stereocenters. The van der Waals surface area contributed by atoms with Gasteiger partial charge in [-0.1, -0.05) is 23.4 Å². The van der Waals surface area contributed by atoms with Gasteiger partial charge in [-0.15, -0.1) is 11.3 Å². The van der Waals surface area contributed by atoms with Gasteiger partial charge in [0, 0.05) is 28.9 Å². The monoisotopic (exact) mass is 273 g/mol. The summed E-state index contributed by atoms with van der Waals surface area (Å²) >= 11 is 1.67. The number of rotatable bonds is 2. The maximum Gasteiger partial charge on any atom is 0.0889 e. The van der Waals surface area contributed by atoms with Crippen molar-refractivity contribution in [3.8, 4) is 0 Å². The molecule has 19 heavy (non-hydrogen) atoms. The Morgan fingerprint density at radius 3 is 3.05 bits per heavy atom. The SMILES string of the molecule is O/N=C1/CCCN(Cc2cncs2)c2ccccc21. The Kier molecular flexibility index (Phi) is 3.46. The van der Waals surface area contributed by atoms with Crippen LogP contribution in [-0.2, 0) is 6.54 Å². The summed E-state index contributed by atoms with van der Waals surface area (Å²) in [5, 5.41) is 12.6. The van der Waals surface area contributed by atoms with E-state index in [4.69, 9.17) is 5.21 Å². The maximum absolute atomic E-state index is 9.17. The standard InChI is InChI=1S/C14H15N3OS/c18-16-13-5-3-7-17(9-11-8-15-10-19-11)14-6-2-1-4-12(13)14/h1-2,4,6,8,10,18H,3,5,7,9H2/b16-13-. The largest absolute Gasteiger partial charge is 0.411 e. The van der Waals surface area contributed by atoms with Crippen LogP contribution in [0.25, 0.3) is 0 Å². The fourth-order valence-electron chi connectivity index (χ4n) is 2.46. The quantitative estimate of drug-likeness (QED) is 0.675. The highest BCUT2D eigenvalue weighted by Crippen LogP contribution is 2.28. The van der Waals surface area contributed by atoms with Crippen LogP contribution in [0.15, 0.2) is 41.1 Å². The summed E-state index contributed by atoms with van der Waals surface area (Å²) in [7, 11) is 0. The Balaban J connectivity index is 1.97. The van der Waals surface area contributed by atoms with E-state index in [0.717, 1.165) is 42.9 Å². The first-order valence-electron chi connectivity index (χ1n) is 6.31. The molecule has 3 rings (SSSR count). The molecular formula is C14H15N3OS. The van der Waals surface area contributed by atoms with Crippen LogP contribution in [-0.4, -0.2) is 22.4 Å². The molecule has 0 spiro atoms. The lowest BCUT2D eigenvalue weighted by Crippen LogP contribution is -2.23. The van der Waals surface area contributed by atoms with E-state index in [-0.39, 0.29) is 0 Å². The fourth-order valence-corrected chi connectivity index (χ4v) is 3.07. The first-order chi connectivity index (χ1) is 9.38. The molecule has 98 valence electrons. The van der Waals surface area contributed by atoms with Crippen LogP contribution in [0, 0.1) is 0 Å². The highest BCUT2D eigenvalue weighted by Gasteiger charge is 2.19. The van der Waals surface area contributed by atoms with Crippen LogP contribution < -0.4 is 4.90 Å². The van der Waals surface area contributed by atoms with Crippen LogP contribution in [0.3, 0.4) is 0 Å². The third-order valence-electron chi connectivity index (χ3n) is 3.35. The van der Waals surface area contributed by atoms with Crippen molar-refractivity contribution in [3.63, 3.8) is 0 Å². The van der Waals surface area contributed by atoms with Crippen LogP contribution in [0.5, 0.6) is 0 Å². The molecule has 4 nitrogen and oxygen atoms in total. The van der Waals surface area contributed by atoms with Gasteiger partial charge in [-0.05, 0) is 18.9 Å². The number of nitrogens with zero attached hydrogens (tertiary/aromatic N) is 3. The second-order valence-corrected chi connectivity index (χ2v) is 5.53. The van der Waals surface area contributed by atoms with Gasteiger partial charge in [0.25, 0.3) is 0 Å². The summed E-state index contributed by atoms with van der Waals surface area (Å²) in [6.45, 7) is 1.83. The molecule has 0 saturated heterocycles. The van der Waals surface area contributed by atoms with Crippen LogP contribution in [0.2, 0.25) is 0 Å². The van der Waals surface area contributed by atoms with Crippen molar-refractivity contribution >= 4 is 22.7 Å². The molecule has 0 bridgehead atoms. The molecule has 1 aromatic carbocycles. The van der Waals surface area contributed by atoms with Gasteiger partial charge < -0.3 is 10.1 Å². The van der Waals surface area contributed by atoms with Gasteiger partial charge in [0.05, 0.1) is 17.8 Å².